The van der Waals surface area contributed by atoms with E-state index < -0.39 is 25.1 Å². The summed E-state index contributed by atoms with van der Waals surface area (Å²) in [7, 11) is 0. The zero-order valence-electron chi connectivity index (χ0n) is 15.3. The smallest absolute Gasteiger partial charge is 0.387 e. The lowest BCUT2D eigenvalue weighted by atomic mass is 10.2. The van der Waals surface area contributed by atoms with Gasteiger partial charge in [-0.25, -0.2) is 4.79 Å². The summed E-state index contributed by atoms with van der Waals surface area (Å²) < 4.78 is 34.1. The summed E-state index contributed by atoms with van der Waals surface area (Å²) in [6.07, 6.45) is 1.30. The molecule has 1 aliphatic rings. The topological polar surface area (TPSA) is 84.9 Å². The number of anilines is 2. The van der Waals surface area contributed by atoms with Crippen molar-refractivity contribution in [1.29, 1.82) is 0 Å². The largest absolute Gasteiger partial charge is 0.452 e. The summed E-state index contributed by atoms with van der Waals surface area (Å²) in [5.74, 6) is -1.60. The van der Waals surface area contributed by atoms with E-state index in [1.165, 1.54) is 36.4 Å². The number of benzene rings is 2. The van der Waals surface area contributed by atoms with Gasteiger partial charge in [-0.3, -0.25) is 9.59 Å². The molecule has 0 unspecified atom stereocenters. The van der Waals surface area contributed by atoms with Crippen molar-refractivity contribution in [2.24, 2.45) is 0 Å². The Morgan fingerprint density at radius 3 is 2.48 bits per heavy atom. The van der Waals surface area contributed by atoms with E-state index in [-0.39, 0.29) is 22.9 Å². The number of rotatable bonds is 7. The van der Waals surface area contributed by atoms with Crippen molar-refractivity contribution in [2.45, 2.75) is 19.5 Å². The Morgan fingerprint density at radius 1 is 1.10 bits per heavy atom. The lowest BCUT2D eigenvalue weighted by Gasteiger charge is -2.15. The number of hydrogen-bond acceptors (Lipinski definition) is 5. The van der Waals surface area contributed by atoms with Crippen LogP contribution in [0.2, 0.25) is 0 Å². The van der Waals surface area contributed by atoms with Crippen LogP contribution < -0.4 is 15.0 Å². The molecule has 2 amide bonds. The van der Waals surface area contributed by atoms with E-state index in [2.05, 4.69) is 10.1 Å². The molecular formula is C20H18F2N2O5. The van der Waals surface area contributed by atoms with Gasteiger partial charge in [0, 0.05) is 18.7 Å². The van der Waals surface area contributed by atoms with Gasteiger partial charge in [0.2, 0.25) is 5.91 Å². The number of ether oxygens (including phenoxy) is 2. The van der Waals surface area contributed by atoms with E-state index >= 15 is 0 Å². The van der Waals surface area contributed by atoms with Crippen LogP contribution in [0, 0.1) is 0 Å². The summed E-state index contributed by atoms with van der Waals surface area (Å²) in [5.41, 5.74) is 0.945. The molecule has 1 fully saturated rings. The van der Waals surface area contributed by atoms with Crippen molar-refractivity contribution < 1.29 is 32.6 Å². The predicted octanol–water partition coefficient (Wildman–Crippen LogP) is 3.21. The average molecular weight is 404 g/mol. The van der Waals surface area contributed by atoms with Gasteiger partial charge in [0.15, 0.2) is 6.61 Å². The van der Waals surface area contributed by atoms with Gasteiger partial charge in [-0.2, -0.15) is 8.78 Å². The molecule has 152 valence electrons. The zero-order chi connectivity index (χ0) is 20.8. The molecule has 0 saturated carbocycles. The van der Waals surface area contributed by atoms with Crippen LogP contribution in [0.15, 0.2) is 48.5 Å². The maximum absolute atomic E-state index is 12.4. The Morgan fingerprint density at radius 2 is 1.83 bits per heavy atom. The van der Waals surface area contributed by atoms with Gasteiger partial charge in [-0.15, -0.1) is 0 Å². The van der Waals surface area contributed by atoms with Crippen molar-refractivity contribution in [3.63, 3.8) is 0 Å². The Labute approximate surface area is 165 Å². The zero-order valence-corrected chi connectivity index (χ0v) is 15.3. The molecule has 29 heavy (non-hydrogen) atoms. The number of nitrogens with one attached hydrogen (secondary N) is 1. The molecule has 0 spiro atoms. The standard InChI is InChI=1S/C20H18F2N2O5/c21-20(22)29-16-5-2-1-4-15(16)23-17(25)12-28-19(27)13-7-9-14(10-8-13)24-11-3-6-18(24)26/h1-2,4-5,7-10,20H,3,6,11-12H2,(H,23,25). The van der Waals surface area contributed by atoms with E-state index in [4.69, 9.17) is 4.74 Å². The summed E-state index contributed by atoms with van der Waals surface area (Å²) in [6.45, 7) is -3.00. The fraction of sp³-hybridized carbons (Fsp3) is 0.250. The van der Waals surface area contributed by atoms with Crippen molar-refractivity contribution in [3.05, 3.63) is 54.1 Å². The summed E-state index contributed by atoms with van der Waals surface area (Å²) in [5, 5.41) is 2.36. The lowest BCUT2D eigenvalue weighted by Crippen LogP contribution is -2.24. The number of alkyl halides is 2. The minimum atomic E-state index is -3.04. The highest BCUT2D eigenvalue weighted by Gasteiger charge is 2.22. The minimum Gasteiger partial charge on any atom is -0.452 e. The van der Waals surface area contributed by atoms with Gasteiger partial charge >= 0.3 is 12.6 Å². The molecule has 0 atom stereocenters. The van der Waals surface area contributed by atoms with Gasteiger partial charge in [0.25, 0.3) is 5.91 Å². The van der Waals surface area contributed by atoms with Gasteiger partial charge in [0.1, 0.15) is 5.75 Å². The van der Waals surface area contributed by atoms with Crippen molar-refractivity contribution >= 4 is 29.2 Å². The maximum atomic E-state index is 12.4. The Kier molecular flexibility index (Phi) is 6.38. The van der Waals surface area contributed by atoms with Gasteiger partial charge in [0.05, 0.1) is 11.3 Å². The summed E-state index contributed by atoms with van der Waals surface area (Å²) >= 11 is 0. The molecule has 0 aliphatic carbocycles. The number of nitrogens with zero attached hydrogens (tertiary/aromatic N) is 1. The number of para-hydroxylation sites is 2. The molecule has 0 bridgehead atoms. The van der Waals surface area contributed by atoms with Crippen LogP contribution in [0.3, 0.4) is 0 Å². The van der Waals surface area contributed by atoms with Crippen LogP contribution >= 0.6 is 0 Å². The molecule has 1 aliphatic heterocycles. The van der Waals surface area contributed by atoms with Gasteiger partial charge in [-0.1, -0.05) is 12.1 Å². The number of esters is 1. The molecule has 2 aromatic carbocycles. The molecule has 1 heterocycles. The quantitative estimate of drug-likeness (QED) is 0.717. The number of carbonyl (C=O) groups excluding carboxylic acids is 3. The third kappa shape index (κ3) is 5.28. The fourth-order valence-electron chi connectivity index (χ4n) is 2.87. The van der Waals surface area contributed by atoms with E-state index in [0.29, 0.717) is 18.7 Å². The second kappa shape index (κ2) is 9.13. The Balaban J connectivity index is 1.54. The number of carbonyl (C=O) groups is 3. The molecule has 3 rings (SSSR count). The van der Waals surface area contributed by atoms with Crippen molar-refractivity contribution in [1.82, 2.24) is 0 Å². The summed E-state index contributed by atoms with van der Waals surface area (Å²) in [6, 6.07) is 12.0. The van der Waals surface area contributed by atoms with Crippen LogP contribution in [-0.2, 0) is 14.3 Å². The van der Waals surface area contributed by atoms with Crippen molar-refractivity contribution in [3.8, 4) is 5.75 Å². The van der Waals surface area contributed by atoms with Crippen LogP contribution in [-0.4, -0.2) is 37.5 Å². The predicted molar refractivity (Wildman–Crippen MR) is 100 cm³/mol. The molecule has 9 heteroatoms. The van der Waals surface area contributed by atoms with Gasteiger partial charge < -0.3 is 19.7 Å². The van der Waals surface area contributed by atoms with E-state index in [1.54, 1.807) is 17.0 Å². The Hall–Kier alpha value is -3.49. The first-order chi connectivity index (χ1) is 13.9. The van der Waals surface area contributed by atoms with Crippen LogP contribution in [0.25, 0.3) is 0 Å². The second-order valence-electron chi connectivity index (χ2n) is 6.19. The highest BCUT2D eigenvalue weighted by atomic mass is 19.3. The van der Waals surface area contributed by atoms with E-state index in [9.17, 15) is 23.2 Å². The molecule has 2 aromatic rings. The lowest BCUT2D eigenvalue weighted by molar-refractivity contribution is -0.119. The first-order valence-electron chi connectivity index (χ1n) is 8.85. The summed E-state index contributed by atoms with van der Waals surface area (Å²) in [4.78, 5) is 37.5. The molecular weight excluding hydrogens is 386 g/mol. The molecule has 1 N–H and O–H groups in total. The Bertz CT molecular complexity index is 902. The number of hydrogen-bond donors (Lipinski definition) is 1. The SMILES string of the molecule is O=C(COC(=O)c1ccc(N2CCCC2=O)cc1)Nc1ccccc1OC(F)F. The number of amides is 2. The molecule has 0 aromatic heterocycles. The monoisotopic (exact) mass is 404 g/mol. The highest BCUT2D eigenvalue weighted by Crippen LogP contribution is 2.25. The molecule has 1 saturated heterocycles. The van der Waals surface area contributed by atoms with Crippen LogP contribution in [0.5, 0.6) is 5.75 Å². The normalized spacial score (nSPS) is 13.5. The fourth-order valence-corrected chi connectivity index (χ4v) is 2.87. The minimum absolute atomic E-state index is 0.0353. The van der Waals surface area contributed by atoms with Gasteiger partial charge in [-0.05, 0) is 42.8 Å². The van der Waals surface area contributed by atoms with Crippen LogP contribution in [0.4, 0.5) is 20.2 Å². The average Bonchev–Trinajstić information content (AvgIpc) is 3.13. The van der Waals surface area contributed by atoms with Crippen LogP contribution in [0.1, 0.15) is 23.2 Å². The van der Waals surface area contributed by atoms with E-state index in [0.717, 1.165) is 6.42 Å². The number of halogens is 2. The highest BCUT2D eigenvalue weighted by molar-refractivity contribution is 5.98. The maximum Gasteiger partial charge on any atom is 0.387 e. The third-order valence-corrected chi connectivity index (χ3v) is 4.20. The second-order valence-corrected chi connectivity index (χ2v) is 6.19. The van der Waals surface area contributed by atoms with Crippen molar-refractivity contribution in [2.75, 3.05) is 23.4 Å². The van der Waals surface area contributed by atoms with E-state index in [1.807, 2.05) is 0 Å². The molecule has 0 radical (unpaired) electrons. The molecule has 7 nitrogen and oxygen atoms in total. The third-order valence-electron chi connectivity index (χ3n) is 4.20. The first-order valence-corrected chi connectivity index (χ1v) is 8.85. The first kappa shape index (κ1) is 20.2.